The van der Waals surface area contributed by atoms with Crippen molar-refractivity contribution < 1.29 is 0 Å². The number of nitrogens with two attached hydrogens (primary N) is 1. The SMILES string of the molecule is CCN(CC)[C@H]1CCC[C@H]1N. The third-order valence-electron chi connectivity index (χ3n) is 2.81. The summed E-state index contributed by atoms with van der Waals surface area (Å²) in [5.41, 5.74) is 5.99. The summed E-state index contributed by atoms with van der Waals surface area (Å²) >= 11 is 0. The lowest BCUT2D eigenvalue weighted by Gasteiger charge is -2.29. The van der Waals surface area contributed by atoms with Crippen LogP contribution in [0.1, 0.15) is 33.1 Å². The first-order valence-corrected chi connectivity index (χ1v) is 4.79. The maximum absolute atomic E-state index is 5.99. The monoisotopic (exact) mass is 156 g/mol. The van der Waals surface area contributed by atoms with Gasteiger partial charge in [0.2, 0.25) is 0 Å². The molecule has 0 heterocycles. The predicted molar refractivity (Wildman–Crippen MR) is 48.5 cm³/mol. The number of rotatable bonds is 3. The molecule has 0 aromatic rings. The molecule has 0 aromatic carbocycles. The Morgan fingerprint density at radius 2 is 1.91 bits per heavy atom. The van der Waals surface area contributed by atoms with E-state index in [0.29, 0.717) is 12.1 Å². The molecule has 0 radical (unpaired) electrons. The zero-order chi connectivity index (χ0) is 8.27. The Morgan fingerprint density at radius 1 is 1.27 bits per heavy atom. The van der Waals surface area contributed by atoms with Gasteiger partial charge in [-0.05, 0) is 25.9 Å². The molecule has 0 saturated heterocycles. The fourth-order valence-corrected chi connectivity index (χ4v) is 2.12. The first-order chi connectivity index (χ1) is 5.29. The van der Waals surface area contributed by atoms with E-state index >= 15 is 0 Å². The van der Waals surface area contributed by atoms with Crippen LogP contribution in [0, 0.1) is 0 Å². The summed E-state index contributed by atoms with van der Waals surface area (Å²) in [6, 6.07) is 1.11. The van der Waals surface area contributed by atoms with Crippen molar-refractivity contribution in [3.63, 3.8) is 0 Å². The van der Waals surface area contributed by atoms with Crippen molar-refractivity contribution >= 4 is 0 Å². The molecule has 2 N–H and O–H groups in total. The maximum Gasteiger partial charge on any atom is 0.0246 e. The second kappa shape index (κ2) is 4.07. The first kappa shape index (κ1) is 9.01. The minimum Gasteiger partial charge on any atom is -0.326 e. The average Bonchev–Trinajstić information content (AvgIpc) is 2.40. The van der Waals surface area contributed by atoms with Gasteiger partial charge in [-0.25, -0.2) is 0 Å². The van der Waals surface area contributed by atoms with Gasteiger partial charge < -0.3 is 5.73 Å². The fraction of sp³-hybridized carbons (Fsp3) is 1.00. The normalized spacial score (nSPS) is 31.6. The van der Waals surface area contributed by atoms with Crippen molar-refractivity contribution in [1.29, 1.82) is 0 Å². The Hall–Kier alpha value is -0.0800. The summed E-state index contributed by atoms with van der Waals surface area (Å²) in [6.07, 6.45) is 3.85. The van der Waals surface area contributed by atoms with Gasteiger partial charge in [-0.2, -0.15) is 0 Å². The van der Waals surface area contributed by atoms with Crippen LogP contribution in [0.25, 0.3) is 0 Å². The molecular weight excluding hydrogens is 136 g/mol. The summed E-state index contributed by atoms with van der Waals surface area (Å²) < 4.78 is 0. The van der Waals surface area contributed by atoms with Crippen LogP contribution in [0.5, 0.6) is 0 Å². The van der Waals surface area contributed by atoms with Gasteiger partial charge in [-0.15, -0.1) is 0 Å². The van der Waals surface area contributed by atoms with Crippen molar-refractivity contribution in [2.75, 3.05) is 13.1 Å². The number of nitrogens with zero attached hydrogens (tertiary/aromatic N) is 1. The molecule has 2 nitrogen and oxygen atoms in total. The first-order valence-electron chi connectivity index (χ1n) is 4.79. The van der Waals surface area contributed by atoms with Gasteiger partial charge >= 0.3 is 0 Å². The summed E-state index contributed by atoms with van der Waals surface area (Å²) in [7, 11) is 0. The molecule has 0 unspecified atom stereocenters. The Morgan fingerprint density at radius 3 is 2.27 bits per heavy atom. The van der Waals surface area contributed by atoms with Crippen molar-refractivity contribution in [3.05, 3.63) is 0 Å². The van der Waals surface area contributed by atoms with Gasteiger partial charge in [-0.1, -0.05) is 20.3 Å². The lowest BCUT2D eigenvalue weighted by molar-refractivity contribution is 0.205. The second-order valence-corrected chi connectivity index (χ2v) is 3.38. The van der Waals surface area contributed by atoms with Crippen LogP contribution in [0.3, 0.4) is 0 Å². The molecule has 1 saturated carbocycles. The number of hydrogen-bond acceptors (Lipinski definition) is 2. The molecule has 2 heteroatoms. The third-order valence-corrected chi connectivity index (χ3v) is 2.81. The maximum atomic E-state index is 5.99. The molecule has 0 spiro atoms. The van der Waals surface area contributed by atoms with Crippen molar-refractivity contribution in [3.8, 4) is 0 Å². The molecule has 1 aliphatic rings. The molecule has 66 valence electrons. The highest BCUT2D eigenvalue weighted by Gasteiger charge is 2.27. The van der Waals surface area contributed by atoms with Gasteiger partial charge in [0, 0.05) is 12.1 Å². The Balaban J connectivity index is 2.43. The van der Waals surface area contributed by atoms with Crippen LogP contribution < -0.4 is 5.73 Å². The lowest BCUT2D eigenvalue weighted by atomic mass is 10.1. The Labute approximate surface area is 69.8 Å². The summed E-state index contributed by atoms with van der Waals surface area (Å²) in [6.45, 7) is 6.73. The largest absolute Gasteiger partial charge is 0.326 e. The van der Waals surface area contributed by atoms with Crippen LogP contribution in [0.15, 0.2) is 0 Å². The van der Waals surface area contributed by atoms with Gasteiger partial charge in [0.25, 0.3) is 0 Å². The Bertz CT molecular complexity index is 110. The van der Waals surface area contributed by atoms with Crippen LogP contribution in [0.2, 0.25) is 0 Å². The van der Waals surface area contributed by atoms with Crippen molar-refractivity contribution in [1.82, 2.24) is 4.90 Å². The van der Waals surface area contributed by atoms with Gasteiger partial charge in [-0.3, -0.25) is 4.90 Å². The smallest absolute Gasteiger partial charge is 0.0246 e. The summed E-state index contributed by atoms with van der Waals surface area (Å²) in [4.78, 5) is 2.48. The molecule has 1 fully saturated rings. The average molecular weight is 156 g/mol. The van der Waals surface area contributed by atoms with Gasteiger partial charge in [0.1, 0.15) is 0 Å². The van der Waals surface area contributed by atoms with E-state index in [2.05, 4.69) is 18.7 Å². The molecule has 0 bridgehead atoms. The van der Waals surface area contributed by atoms with E-state index in [0.717, 1.165) is 13.1 Å². The third kappa shape index (κ3) is 1.94. The van der Waals surface area contributed by atoms with Crippen molar-refractivity contribution in [2.45, 2.75) is 45.2 Å². The van der Waals surface area contributed by atoms with E-state index in [-0.39, 0.29) is 0 Å². The summed E-state index contributed by atoms with van der Waals surface area (Å²) in [5, 5.41) is 0. The van der Waals surface area contributed by atoms with E-state index in [1.807, 2.05) is 0 Å². The van der Waals surface area contributed by atoms with Gasteiger partial charge in [0.15, 0.2) is 0 Å². The minimum atomic E-state index is 0.440. The van der Waals surface area contributed by atoms with E-state index in [4.69, 9.17) is 5.73 Å². The number of hydrogen-bond donors (Lipinski definition) is 1. The van der Waals surface area contributed by atoms with Crippen molar-refractivity contribution in [2.24, 2.45) is 5.73 Å². The molecule has 2 atom stereocenters. The quantitative estimate of drug-likeness (QED) is 0.665. The highest BCUT2D eigenvalue weighted by Crippen LogP contribution is 2.22. The zero-order valence-corrected chi connectivity index (χ0v) is 7.71. The molecule has 1 aliphatic carbocycles. The van der Waals surface area contributed by atoms with Crippen LogP contribution in [0.4, 0.5) is 0 Å². The lowest BCUT2D eigenvalue weighted by Crippen LogP contribution is -2.44. The molecular formula is C9H20N2. The Kier molecular flexibility index (Phi) is 3.34. The minimum absolute atomic E-state index is 0.440. The second-order valence-electron chi connectivity index (χ2n) is 3.38. The van der Waals surface area contributed by atoms with Crippen LogP contribution >= 0.6 is 0 Å². The van der Waals surface area contributed by atoms with E-state index < -0.39 is 0 Å². The predicted octanol–water partition coefficient (Wildman–Crippen LogP) is 1.21. The molecule has 1 rings (SSSR count). The zero-order valence-electron chi connectivity index (χ0n) is 7.71. The summed E-state index contributed by atoms with van der Waals surface area (Å²) in [5.74, 6) is 0. The van der Waals surface area contributed by atoms with Gasteiger partial charge in [0.05, 0.1) is 0 Å². The highest BCUT2D eigenvalue weighted by molar-refractivity contribution is 4.87. The number of likely N-dealkylation sites (N-methyl/N-ethyl adjacent to an activating group) is 1. The van der Waals surface area contributed by atoms with E-state index in [1.54, 1.807) is 0 Å². The highest BCUT2D eigenvalue weighted by atomic mass is 15.2. The van der Waals surface area contributed by atoms with E-state index in [1.165, 1.54) is 19.3 Å². The fourth-order valence-electron chi connectivity index (χ4n) is 2.12. The molecule has 11 heavy (non-hydrogen) atoms. The standard InChI is InChI=1S/C9H20N2/c1-3-11(4-2)9-7-5-6-8(9)10/h8-9H,3-7,10H2,1-2H3/t8-,9+/m1/s1. The van der Waals surface area contributed by atoms with E-state index in [9.17, 15) is 0 Å². The molecule has 0 amide bonds. The van der Waals surface area contributed by atoms with Crippen LogP contribution in [-0.2, 0) is 0 Å². The topological polar surface area (TPSA) is 29.3 Å². The molecule has 0 aromatic heterocycles. The van der Waals surface area contributed by atoms with Crippen LogP contribution in [-0.4, -0.2) is 30.1 Å². The molecule has 0 aliphatic heterocycles.